The van der Waals surface area contributed by atoms with Crippen molar-refractivity contribution in [3.05, 3.63) is 34.7 Å². The van der Waals surface area contributed by atoms with Crippen molar-refractivity contribution in [1.82, 2.24) is 14.9 Å². The molecule has 1 aromatic heterocycles. The summed E-state index contributed by atoms with van der Waals surface area (Å²) >= 11 is 0. The Morgan fingerprint density at radius 1 is 1.50 bits per heavy atom. The van der Waals surface area contributed by atoms with E-state index in [0.717, 1.165) is 11.0 Å². The number of aromatic amines is 1. The van der Waals surface area contributed by atoms with Gasteiger partial charge in [0.25, 0.3) is 0 Å². The Morgan fingerprint density at radius 3 is 3.00 bits per heavy atom. The second kappa shape index (κ2) is 4.09. The molecule has 6 nitrogen and oxygen atoms in total. The molecule has 84 valence electrons. The van der Waals surface area contributed by atoms with Crippen molar-refractivity contribution in [3.63, 3.8) is 0 Å². The third-order valence-electron chi connectivity index (χ3n) is 2.33. The second-order valence-electron chi connectivity index (χ2n) is 3.44. The molecule has 5 N–H and O–H groups in total. The minimum Gasteiger partial charge on any atom is -0.370 e. The number of nitrogens with two attached hydrogens (primary N) is 1. The highest BCUT2D eigenvalue weighted by molar-refractivity contribution is 5.75. The average molecular weight is 219 g/mol. The molecule has 1 heterocycles. The zero-order chi connectivity index (χ0) is 11.5. The number of benzene rings is 1. The van der Waals surface area contributed by atoms with Crippen molar-refractivity contribution >= 4 is 17.0 Å². The van der Waals surface area contributed by atoms with E-state index in [1.54, 1.807) is 4.57 Å². The second-order valence-corrected chi connectivity index (χ2v) is 3.44. The van der Waals surface area contributed by atoms with Gasteiger partial charge in [-0.25, -0.2) is 4.79 Å². The van der Waals surface area contributed by atoms with Crippen LogP contribution in [0.1, 0.15) is 0 Å². The van der Waals surface area contributed by atoms with Crippen LogP contribution in [0.5, 0.6) is 0 Å². The number of guanidine groups is 1. The number of imidazole rings is 1. The van der Waals surface area contributed by atoms with Crippen molar-refractivity contribution < 1.29 is 0 Å². The van der Waals surface area contributed by atoms with Crippen LogP contribution in [0.3, 0.4) is 0 Å². The van der Waals surface area contributed by atoms with Crippen LogP contribution in [0, 0.1) is 5.41 Å². The summed E-state index contributed by atoms with van der Waals surface area (Å²) in [5.41, 5.74) is 6.69. The first-order valence-electron chi connectivity index (χ1n) is 4.94. The zero-order valence-electron chi connectivity index (χ0n) is 8.66. The number of aromatic nitrogens is 2. The fourth-order valence-electron chi connectivity index (χ4n) is 1.63. The monoisotopic (exact) mass is 219 g/mol. The minimum absolute atomic E-state index is 0.0899. The average Bonchev–Trinajstić information content (AvgIpc) is 2.55. The third-order valence-corrected chi connectivity index (χ3v) is 2.33. The highest BCUT2D eigenvalue weighted by Gasteiger charge is 2.04. The Balaban J connectivity index is 2.26. The molecule has 6 heteroatoms. The van der Waals surface area contributed by atoms with Crippen molar-refractivity contribution in [1.29, 1.82) is 5.41 Å². The van der Waals surface area contributed by atoms with E-state index in [4.69, 9.17) is 11.1 Å². The Hall–Kier alpha value is -2.24. The van der Waals surface area contributed by atoms with Crippen LogP contribution < -0.4 is 16.7 Å². The lowest BCUT2D eigenvalue weighted by Crippen LogP contribution is -2.34. The predicted octanol–water partition coefficient (Wildman–Crippen LogP) is -0.187. The Labute approximate surface area is 91.6 Å². The Kier molecular flexibility index (Phi) is 2.63. The van der Waals surface area contributed by atoms with E-state index < -0.39 is 0 Å². The van der Waals surface area contributed by atoms with Gasteiger partial charge in [-0.1, -0.05) is 12.1 Å². The van der Waals surface area contributed by atoms with Gasteiger partial charge >= 0.3 is 5.69 Å². The lowest BCUT2D eigenvalue weighted by molar-refractivity contribution is 0.667. The molecule has 0 fully saturated rings. The van der Waals surface area contributed by atoms with Gasteiger partial charge in [0.15, 0.2) is 5.96 Å². The molecule has 16 heavy (non-hydrogen) atoms. The van der Waals surface area contributed by atoms with Gasteiger partial charge in [-0.3, -0.25) is 9.98 Å². The minimum atomic E-state index is -0.147. The lowest BCUT2D eigenvalue weighted by atomic mass is 10.3. The molecule has 0 radical (unpaired) electrons. The van der Waals surface area contributed by atoms with Gasteiger partial charge in [0.1, 0.15) is 0 Å². The van der Waals surface area contributed by atoms with Gasteiger partial charge in [-0.2, -0.15) is 0 Å². The summed E-state index contributed by atoms with van der Waals surface area (Å²) in [5.74, 6) is -0.0899. The number of fused-ring (bicyclic) bond motifs is 1. The SMILES string of the molecule is N=C(N)NCCn1c(=O)[nH]c2ccccc21. The van der Waals surface area contributed by atoms with Gasteiger partial charge in [-0.05, 0) is 12.1 Å². The molecule has 0 unspecified atom stereocenters. The smallest absolute Gasteiger partial charge is 0.326 e. The zero-order valence-corrected chi connectivity index (χ0v) is 8.66. The van der Waals surface area contributed by atoms with E-state index in [0.29, 0.717) is 13.1 Å². The highest BCUT2D eigenvalue weighted by atomic mass is 16.1. The molecule has 0 aliphatic carbocycles. The number of hydrogen-bond donors (Lipinski definition) is 4. The van der Waals surface area contributed by atoms with Gasteiger partial charge in [0.05, 0.1) is 11.0 Å². The molecule has 1 aromatic carbocycles. The molecule has 0 saturated heterocycles. The third kappa shape index (κ3) is 1.90. The molecule has 0 aliphatic heterocycles. The van der Waals surface area contributed by atoms with Crippen molar-refractivity contribution in [2.24, 2.45) is 5.73 Å². The molecule has 0 bridgehead atoms. The van der Waals surface area contributed by atoms with Gasteiger partial charge < -0.3 is 16.0 Å². The first-order valence-corrected chi connectivity index (χ1v) is 4.94. The predicted molar refractivity (Wildman–Crippen MR) is 62.5 cm³/mol. The molecule has 0 aliphatic rings. The number of rotatable bonds is 3. The molecular weight excluding hydrogens is 206 g/mol. The first kappa shape index (κ1) is 10.3. The topological polar surface area (TPSA) is 99.7 Å². The maximum atomic E-state index is 11.6. The van der Waals surface area contributed by atoms with E-state index >= 15 is 0 Å². The summed E-state index contributed by atoms with van der Waals surface area (Å²) in [6, 6.07) is 7.48. The van der Waals surface area contributed by atoms with Crippen molar-refractivity contribution in [2.45, 2.75) is 6.54 Å². The van der Waals surface area contributed by atoms with Crippen molar-refractivity contribution in [2.75, 3.05) is 6.54 Å². The van der Waals surface area contributed by atoms with E-state index in [1.807, 2.05) is 24.3 Å². The Bertz CT molecular complexity index is 568. The molecule has 0 saturated carbocycles. The number of para-hydroxylation sites is 2. The normalized spacial score (nSPS) is 10.5. The van der Waals surface area contributed by atoms with E-state index in [2.05, 4.69) is 10.3 Å². The number of nitrogens with zero attached hydrogens (tertiary/aromatic N) is 1. The molecular formula is C10H13N5O. The van der Waals surface area contributed by atoms with Gasteiger partial charge in [0, 0.05) is 13.1 Å². The molecule has 2 aromatic rings. The van der Waals surface area contributed by atoms with E-state index in [-0.39, 0.29) is 11.6 Å². The summed E-state index contributed by atoms with van der Waals surface area (Å²) in [6.07, 6.45) is 0. The van der Waals surface area contributed by atoms with Crippen LogP contribution >= 0.6 is 0 Å². The molecule has 0 atom stereocenters. The summed E-state index contributed by atoms with van der Waals surface area (Å²) in [7, 11) is 0. The van der Waals surface area contributed by atoms with Crippen LogP contribution in [-0.2, 0) is 6.54 Å². The Morgan fingerprint density at radius 2 is 2.25 bits per heavy atom. The van der Waals surface area contributed by atoms with Crippen LogP contribution in [0.15, 0.2) is 29.1 Å². The number of hydrogen-bond acceptors (Lipinski definition) is 2. The lowest BCUT2D eigenvalue weighted by Gasteiger charge is -2.04. The standard InChI is InChI=1S/C10H13N5O/c11-9(12)13-5-6-15-8-4-2-1-3-7(8)14-10(15)16/h1-4H,5-6H2,(H,14,16)(H4,11,12,13). The summed E-state index contributed by atoms with van der Waals surface area (Å²) in [5, 5.41) is 9.67. The molecule has 0 amide bonds. The van der Waals surface area contributed by atoms with Gasteiger partial charge in [-0.15, -0.1) is 0 Å². The van der Waals surface area contributed by atoms with Crippen LogP contribution in [0.25, 0.3) is 11.0 Å². The first-order chi connectivity index (χ1) is 7.68. The van der Waals surface area contributed by atoms with Crippen LogP contribution in [0.4, 0.5) is 0 Å². The van der Waals surface area contributed by atoms with Crippen LogP contribution in [0.2, 0.25) is 0 Å². The summed E-state index contributed by atoms with van der Waals surface area (Å²) in [4.78, 5) is 14.4. The van der Waals surface area contributed by atoms with Crippen LogP contribution in [-0.4, -0.2) is 22.1 Å². The maximum absolute atomic E-state index is 11.6. The fourth-order valence-corrected chi connectivity index (χ4v) is 1.63. The van der Waals surface area contributed by atoms with Gasteiger partial charge in [0.2, 0.25) is 0 Å². The highest BCUT2D eigenvalue weighted by Crippen LogP contribution is 2.07. The number of H-pyrrole nitrogens is 1. The maximum Gasteiger partial charge on any atom is 0.326 e. The quantitative estimate of drug-likeness (QED) is 0.425. The van der Waals surface area contributed by atoms with E-state index in [1.165, 1.54) is 0 Å². The number of nitrogens with one attached hydrogen (secondary N) is 3. The molecule has 0 spiro atoms. The fraction of sp³-hybridized carbons (Fsp3) is 0.200. The molecule has 2 rings (SSSR count). The van der Waals surface area contributed by atoms with E-state index in [9.17, 15) is 4.79 Å². The summed E-state index contributed by atoms with van der Waals surface area (Å²) in [6.45, 7) is 0.930. The summed E-state index contributed by atoms with van der Waals surface area (Å²) < 4.78 is 1.62. The van der Waals surface area contributed by atoms with Crippen molar-refractivity contribution in [3.8, 4) is 0 Å². The largest absolute Gasteiger partial charge is 0.370 e.